The summed E-state index contributed by atoms with van der Waals surface area (Å²) in [4.78, 5) is 0. The molecule has 0 aliphatic carbocycles. The lowest BCUT2D eigenvalue weighted by Gasteiger charge is -2.06. The minimum atomic E-state index is 0.461. The molecule has 2 rings (SSSR count). The monoisotopic (exact) mass is 295 g/mol. The average molecular weight is 296 g/mol. The summed E-state index contributed by atoms with van der Waals surface area (Å²) < 4.78 is 7.12. The maximum Gasteiger partial charge on any atom is 0.138 e. The lowest BCUT2D eigenvalue weighted by molar-refractivity contribution is 0.523. The van der Waals surface area contributed by atoms with E-state index in [4.69, 9.17) is 4.42 Å². The van der Waals surface area contributed by atoms with Crippen molar-refractivity contribution in [2.45, 2.75) is 33.2 Å². The summed E-state index contributed by atoms with van der Waals surface area (Å²) in [5, 5.41) is 4.36. The quantitative estimate of drug-likeness (QED) is 0.911. The van der Waals surface area contributed by atoms with Crippen LogP contribution in [0.25, 0.3) is 11.0 Å². The molecule has 0 unspecified atom stereocenters. The highest BCUT2D eigenvalue weighted by Crippen LogP contribution is 2.34. The Morgan fingerprint density at radius 2 is 2.06 bits per heavy atom. The number of rotatable bonds is 3. The van der Waals surface area contributed by atoms with Crippen molar-refractivity contribution in [2.75, 3.05) is 7.05 Å². The molecule has 0 aliphatic heterocycles. The molecule has 0 amide bonds. The van der Waals surface area contributed by atoms with E-state index in [-0.39, 0.29) is 0 Å². The normalized spacial score (nSPS) is 11.6. The summed E-state index contributed by atoms with van der Waals surface area (Å²) in [5.41, 5.74) is 3.53. The Morgan fingerprint density at radius 1 is 1.35 bits per heavy atom. The van der Waals surface area contributed by atoms with E-state index in [1.807, 2.05) is 7.05 Å². The second kappa shape index (κ2) is 4.83. The largest absolute Gasteiger partial charge is 0.459 e. The van der Waals surface area contributed by atoms with Gasteiger partial charge in [-0.15, -0.1) is 0 Å². The Kier molecular flexibility index (Phi) is 3.59. The predicted molar refractivity (Wildman–Crippen MR) is 75.5 cm³/mol. The number of furan rings is 1. The minimum Gasteiger partial charge on any atom is -0.459 e. The third-order valence-electron chi connectivity index (χ3n) is 3.09. The fraction of sp³-hybridized carbons (Fsp3) is 0.429. The molecule has 0 bridgehead atoms. The molecule has 0 radical (unpaired) electrons. The standard InChI is InChI=1S/C14H18BrNO/c1-8(2)11-5-10(15)6-12-9(3)13(7-16-4)17-14(11)12/h5-6,8,16H,7H2,1-4H3. The molecule has 0 fully saturated rings. The third-order valence-corrected chi connectivity index (χ3v) is 3.55. The number of nitrogens with one attached hydrogen (secondary N) is 1. The van der Waals surface area contributed by atoms with Gasteiger partial charge in [0, 0.05) is 9.86 Å². The van der Waals surface area contributed by atoms with Crippen molar-refractivity contribution in [1.82, 2.24) is 5.32 Å². The Balaban J connectivity index is 2.71. The van der Waals surface area contributed by atoms with Gasteiger partial charge in [0.15, 0.2) is 0 Å². The lowest BCUT2D eigenvalue weighted by atomic mass is 10.00. The van der Waals surface area contributed by atoms with Gasteiger partial charge < -0.3 is 9.73 Å². The molecule has 1 N–H and O–H groups in total. The van der Waals surface area contributed by atoms with Crippen LogP contribution in [0.5, 0.6) is 0 Å². The Morgan fingerprint density at radius 3 is 2.65 bits per heavy atom. The molecule has 0 aliphatic rings. The number of fused-ring (bicyclic) bond motifs is 1. The Bertz CT molecular complexity index is 543. The number of aryl methyl sites for hydroxylation is 1. The summed E-state index contributed by atoms with van der Waals surface area (Å²) in [6.07, 6.45) is 0. The lowest BCUT2D eigenvalue weighted by Crippen LogP contribution is -2.04. The van der Waals surface area contributed by atoms with Crippen molar-refractivity contribution >= 4 is 26.9 Å². The first-order chi connectivity index (χ1) is 8.04. The van der Waals surface area contributed by atoms with E-state index in [2.05, 4.69) is 54.2 Å². The van der Waals surface area contributed by atoms with E-state index in [0.717, 1.165) is 22.4 Å². The van der Waals surface area contributed by atoms with Crippen LogP contribution in [0.3, 0.4) is 0 Å². The van der Waals surface area contributed by atoms with Crippen LogP contribution in [-0.4, -0.2) is 7.05 Å². The maximum absolute atomic E-state index is 6.00. The summed E-state index contributed by atoms with van der Waals surface area (Å²) in [7, 11) is 1.94. The van der Waals surface area contributed by atoms with Crippen LogP contribution in [-0.2, 0) is 6.54 Å². The van der Waals surface area contributed by atoms with Gasteiger partial charge in [0.05, 0.1) is 6.54 Å². The van der Waals surface area contributed by atoms with Crippen molar-refractivity contribution in [2.24, 2.45) is 0 Å². The summed E-state index contributed by atoms with van der Waals surface area (Å²) in [6, 6.07) is 4.29. The molecule has 1 aromatic heterocycles. The summed E-state index contributed by atoms with van der Waals surface area (Å²) >= 11 is 3.58. The van der Waals surface area contributed by atoms with Gasteiger partial charge in [-0.05, 0) is 43.1 Å². The second-order valence-corrected chi connectivity index (χ2v) is 5.62. The Hall–Kier alpha value is -0.800. The first-order valence-corrected chi connectivity index (χ1v) is 6.70. The highest BCUT2D eigenvalue weighted by molar-refractivity contribution is 9.10. The van der Waals surface area contributed by atoms with E-state index in [1.54, 1.807) is 0 Å². The summed E-state index contributed by atoms with van der Waals surface area (Å²) in [5.74, 6) is 1.49. The zero-order valence-electron chi connectivity index (χ0n) is 10.7. The highest BCUT2D eigenvalue weighted by Gasteiger charge is 2.15. The zero-order chi connectivity index (χ0) is 12.6. The molecule has 0 atom stereocenters. The zero-order valence-corrected chi connectivity index (χ0v) is 12.3. The molecule has 92 valence electrons. The minimum absolute atomic E-state index is 0.461. The molecule has 0 spiro atoms. The number of hydrogen-bond donors (Lipinski definition) is 1. The van der Waals surface area contributed by atoms with Gasteiger partial charge in [-0.2, -0.15) is 0 Å². The Labute approximate surface area is 111 Å². The molecule has 1 aromatic carbocycles. The van der Waals surface area contributed by atoms with Crippen LogP contribution in [0.4, 0.5) is 0 Å². The SMILES string of the molecule is CNCc1oc2c(C(C)C)cc(Br)cc2c1C. The van der Waals surface area contributed by atoms with E-state index >= 15 is 0 Å². The second-order valence-electron chi connectivity index (χ2n) is 4.71. The van der Waals surface area contributed by atoms with Gasteiger partial charge >= 0.3 is 0 Å². The van der Waals surface area contributed by atoms with Crippen LogP contribution < -0.4 is 5.32 Å². The van der Waals surface area contributed by atoms with Gasteiger partial charge in [0.2, 0.25) is 0 Å². The fourth-order valence-electron chi connectivity index (χ4n) is 2.12. The molecule has 3 heteroatoms. The van der Waals surface area contributed by atoms with Crippen LogP contribution >= 0.6 is 15.9 Å². The summed E-state index contributed by atoms with van der Waals surface area (Å²) in [6.45, 7) is 7.28. The average Bonchev–Trinajstić information content (AvgIpc) is 2.56. The molecule has 17 heavy (non-hydrogen) atoms. The van der Waals surface area contributed by atoms with E-state index in [1.165, 1.54) is 16.5 Å². The predicted octanol–water partition coefficient (Wildman–Crippen LogP) is 4.35. The highest BCUT2D eigenvalue weighted by atomic mass is 79.9. The molecule has 2 aromatic rings. The molecule has 2 nitrogen and oxygen atoms in total. The van der Waals surface area contributed by atoms with Crippen molar-refractivity contribution in [3.63, 3.8) is 0 Å². The van der Waals surface area contributed by atoms with Gasteiger partial charge in [-0.1, -0.05) is 29.8 Å². The number of benzene rings is 1. The van der Waals surface area contributed by atoms with Gasteiger partial charge in [0.1, 0.15) is 11.3 Å². The molecule has 0 saturated carbocycles. The van der Waals surface area contributed by atoms with Gasteiger partial charge in [0.25, 0.3) is 0 Å². The number of hydrogen-bond acceptors (Lipinski definition) is 2. The van der Waals surface area contributed by atoms with Crippen molar-refractivity contribution in [3.05, 3.63) is 33.5 Å². The topological polar surface area (TPSA) is 25.2 Å². The molecule has 1 heterocycles. The van der Waals surface area contributed by atoms with Gasteiger partial charge in [-0.25, -0.2) is 0 Å². The van der Waals surface area contributed by atoms with Crippen molar-refractivity contribution in [3.8, 4) is 0 Å². The molecule has 0 saturated heterocycles. The van der Waals surface area contributed by atoms with Crippen LogP contribution in [0.15, 0.2) is 21.0 Å². The van der Waals surface area contributed by atoms with Crippen molar-refractivity contribution in [1.29, 1.82) is 0 Å². The smallest absolute Gasteiger partial charge is 0.138 e. The van der Waals surface area contributed by atoms with E-state index < -0.39 is 0 Å². The van der Waals surface area contributed by atoms with E-state index in [9.17, 15) is 0 Å². The van der Waals surface area contributed by atoms with Crippen LogP contribution in [0, 0.1) is 6.92 Å². The molecular weight excluding hydrogens is 278 g/mol. The third kappa shape index (κ3) is 2.26. The first-order valence-electron chi connectivity index (χ1n) is 5.90. The molecular formula is C14H18BrNO. The maximum atomic E-state index is 6.00. The van der Waals surface area contributed by atoms with Crippen LogP contribution in [0.2, 0.25) is 0 Å². The number of halogens is 1. The first kappa shape index (κ1) is 12.7. The van der Waals surface area contributed by atoms with Crippen LogP contribution in [0.1, 0.15) is 36.7 Å². The van der Waals surface area contributed by atoms with Crippen molar-refractivity contribution < 1.29 is 4.42 Å². The fourth-order valence-corrected chi connectivity index (χ4v) is 2.59. The van der Waals surface area contributed by atoms with Gasteiger partial charge in [-0.3, -0.25) is 0 Å². The van der Waals surface area contributed by atoms with E-state index in [0.29, 0.717) is 5.92 Å².